The highest BCUT2D eigenvalue weighted by atomic mass is 32.2. The van der Waals surface area contributed by atoms with Gasteiger partial charge in [-0.15, -0.1) is 5.10 Å². The lowest BCUT2D eigenvalue weighted by Crippen LogP contribution is -2.22. The SMILES string of the molecule is CC(=NN=C(N)N)c1cn(S(=O)(=O)c2ccc3ccccc3c2)c2cc(F)ccc12. The number of nitrogens with zero attached hydrogens (tertiary/aromatic N) is 3. The quantitative estimate of drug-likeness (QED) is 0.298. The molecule has 0 unspecified atom stereocenters. The summed E-state index contributed by atoms with van der Waals surface area (Å²) < 4.78 is 41.9. The van der Waals surface area contributed by atoms with Crippen LogP contribution in [-0.4, -0.2) is 24.1 Å². The topological polar surface area (TPSA) is 116 Å². The van der Waals surface area contributed by atoms with Crippen LogP contribution < -0.4 is 11.5 Å². The van der Waals surface area contributed by atoms with Crippen molar-refractivity contribution in [3.05, 3.63) is 78.2 Å². The zero-order valence-electron chi connectivity index (χ0n) is 15.9. The Morgan fingerprint density at radius 1 is 0.967 bits per heavy atom. The molecule has 152 valence electrons. The number of fused-ring (bicyclic) bond motifs is 2. The van der Waals surface area contributed by atoms with Crippen LogP contribution >= 0.6 is 0 Å². The lowest BCUT2D eigenvalue weighted by atomic mass is 10.1. The minimum absolute atomic E-state index is 0.0905. The predicted octanol–water partition coefficient (Wildman–Crippen LogP) is 3.17. The highest BCUT2D eigenvalue weighted by Gasteiger charge is 2.23. The van der Waals surface area contributed by atoms with Gasteiger partial charge in [0.05, 0.1) is 16.1 Å². The number of guanidine groups is 1. The number of benzene rings is 3. The molecule has 4 rings (SSSR count). The molecule has 1 aromatic heterocycles. The van der Waals surface area contributed by atoms with Crippen LogP contribution in [0.3, 0.4) is 0 Å². The van der Waals surface area contributed by atoms with Crippen LogP contribution in [0.1, 0.15) is 12.5 Å². The van der Waals surface area contributed by atoms with Crippen molar-refractivity contribution in [2.75, 3.05) is 0 Å². The van der Waals surface area contributed by atoms with Gasteiger partial charge in [-0.3, -0.25) is 0 Å². The van der Waals surface area contributed by atoms with Crippen molar-refractivity contribution in [3.8, 4) is 0 Å². The van der Waals surface area contributed by atoms with Crippen LogP contribution in [0.25, 0.3) is 21.7 Å². The van der Waals surface area contributed by atoms with Crippen LogP contribution in [0.4, 0.5) is 4.39 Å². The number of aromatic nitrogens is 1. The summed E-state index contributed by atoms with van der Waals surface area (Å²) >= 11 is 0. The number of rotatable bonds is 4. The summed E-state index contributed by atoms with van der Waals surface area (Å²) in [6, 6.07) is 16.2. The van der Waals surface area contributed by atoms with Crippen LogP contribution in [0.2, 0.25) is 0 Å². The van der Waals surface area contributed by atoms with Gasteiger partial charge in [0.25, 0.3) is 10.0 Å². The van der Waals surface area contributed by atoms with Gasteiger partial charge in [0.15, 0.2) is 0 Å². The third-order valence-corrected chi connectivity index (χ3v) is 6.39. The minimum Gasteiger partial charge on any atom is -0.369 e. The largest absolute Gasteiger partial charge is 0.369 e. The molecule has 0 aliphatic carbocycles. The fraction of sp³-hybridized carbons (Fsp3) is 0.0476. The molecule has 0 aliphatic rings. The average Bonchev–Trinajstić information content (AvgIpc) is 3.11. The minimum atomic E-state index is -4.01. The molecule has 0 spiro atoms. The molecule has 3 aromatic carbocycles. The molecule has 0 fully saturated rings. The second-order valence-electron chi connectivity index (χ2n) is 6.72. The molecule has 4 N–H and O–H groups in total. The molecule has 0 amide bonds. The van der Waals surface area contributed by atoms with E-state index in [4.69, 9.17) is 11.5 Å². The van der Waals surface area contributed by atoms with E-state index in [-0.39, 0.29) is 16.4 Å². The smallest absolute Gasteiger partial charge is 0.268 e. The van der Waals surface area contributed by atoms with E-state index in [0.717, 1.165) is 14.7 Å². The van der Waals surface area contributed by atoms with Gasteiger partial charge < -0.3 is 11.5 Å². The Kier molecular flexibility index (Phi) is 4.75. The summed E-state index contributed by atoms with van der Waals surface area (Å²) in [4.78, 5) is 0.0905. The summed E-state index contributed by atoms with van der Waals surface area (Å²) in [5, 5.41) is 9.75. The molecule has 7 nitrogen and oxygen atoms in total. The molecule has 0 saturated heterocycles. The Balaban J connectivity index is 1.96. The van der Waals surface area contributed by atoms with E-state index < -0.39 is 15.8 Å². The normalized spacial score (nSPS) is 12.4. The highest BCUT2D eigenvalue weighted by molar-refractivity contribution is 7.90. The molecular weight excluding hydrogens is 405 g/mol. The zero-order chi connectivity index (χ0) is 21.5. The fourth-order valence-electron chi connectivity index (χ4n) is 3.29. The second kappa shape index (κ2) is 7.27. The Morgan fingerprint density at radius 3 is 2.43 bits per heavy atom. The number of hydrogen-bond donors (Lipinski definition) is 2. The van der Waals surface area contributed by atoms with Crippen LogP contribution in [-0.2, 0) is 10.0 Å². The number of nitrogens with two attached hydrogens (primary N) is 2. The molecule has 0 radical (unpaired) electrons. The van der Waals surface area contributed by atoms with Gasteiger partial charge in [0.2, 0.25) is 5.96 Å². The van der Waals surface area contributed by atoms with Gasteiger partial charge in [-0.1, -0.05) is 30.3 Å². The maximum Gasteiger partial charge on any atom is 0.268 e. The van der Waals surface area contributed by atoms with Gasteiger partial charge >= 0.3 is 0 Å². The average molecular weight is 423 g/mol. The van der Waals surface area contributed by atoms with Crippen molar-refractivity contribution in [2.24, 2.45) is 21.7 Å². The first kappa shape index (κ1) is 19.6. The molecule has 0 atom stereocenters. The first-order valence-corrected chi connectivity index (χ1v) is 10.4. The van der Waals surface area contributed by atoms with E-state index in [1.165, 1.54) is 30.5 Å². The zero-order valence-corrected chi connectivity index (χ0v) is 16.8. The van der Waals surface area contributed by atoms with Gasteiger partial charge in [-0.25, -0.2) is 16.8 Å². The lowest BCUT2D eigenvalue weighted by Gasteiger charge is -2.09. The summed E-state index contributed by atoms with van der Waals surface area (Å²) in [5.74, 6) is -0.783. The first-order valence-electron chi connectivity index (χ1n) is 8.96. The molecule has 0 aliphatic heterocycles. The third-order valence-electron chi connectivity index (χ3n) is 4.72. The summed E-state index contributed by atoms with van der Waals surface area (Å²) in [6.07, 6.45) is 1.40. The Bertz CT molecular complexity index is 1450. The van der Waals surface area contributed by atoms with Crippen molar-refractivity contribution in [1.29, 1.82) is 0 Å². The summed E-state index contributed by atoms with van der Waals surface area (Å²) in [5.41, 5.74) is 11.7. The number of halogens is 1. The van der Waals surface area contributed by atoms with Crippen molar-refractivity contribution >= 4 is 43.4 Å². The van der Waals surface area contributed by atoms with Crippen LogP contribution in [0.15, 0.2) is 82.0 Å². The van der Waals surface area contributed by atoms with E-state index in [9.17, 15) is 12.8 Å². The van der Waals surface area contributed by atoms with Gasteiger partial charge in [-0.2, -0.15) is 5.10 Å². The van der Waals surface area contributed by atoms with Crippen molar-refractivity contribution in [3.63, 3.8) is 0 Å². The molecular formula is C21H18FN5O2S. The Labute approximate surface area is 172 Å². The van der Waals surface area contributed by atoms with E-state index >= 15 is 0 Å². The van der Waals surface area contributed by atoms with Crippen LogP contribution in [0.5, 0.6) is 0 Å². The first-order chi connectivity index (χ1) is 14.3. The maximum absolute atomic E-state index is 14.0. The van der Waals surface area contributed by atoms with Crippen molar-refractivity contribution < 1.29 is 12.8 Å². The van der Waals surface area contributed by atoms with E-state index in [2.05, 4.69) is 10.2 Å². The molecule has 30 heavy (non-hydrogen) atoms. The molecule has 0 saturated carbocycles. The maximum atomic E-state index is 14.0. The molecule has 0 bridgehead atoms. The molecule has 4 aromatic rings. The second-order valence-corrected chi connectivity index (χ2v) is 8.54. The Morgan fingerprint density at radius 2 is 1.70 bits per heavy atom. The molecule has 1 heterocycles. The van der Waals surface area contributed by atoms with Crippen molar-refractivity contribution in [1.82, 2.24) is 3.97 Å². The molecule has 9 heteroatoms. The van der Waals surface area contributed by atoms with Gasteiger partial charge in [0, 0.05) is 17.1 Å². The van der Waals surface area contributed by atoms with E-state index in [0.29, 0.717) is 16.7 Å². The van der Waals surface area contributed by atoms with Crippen LogP contribution in [0, 0.1) is 5.82 Å². The lowest BCUT2D eigenvalue weighted by molar-refractivity contribution is 0.589. The van der Waals surface area contributed by atoms with Gasteiger partial charge in [-0.05, 0) is 48.0 Å². The third kappa shape index (κ3) is 3.39. The van der Waals surface area contributed by atoms with Gasteiger partial charge in [0.1, 0.15) is 5.82 Å². The fourth-order valence-corrected chi connectivity index (χ4v) is 4.68. The van der Waals surface area contributed by atoms with E-state index in [1.54, 1.807) is 19.1 Å². The predicted molar refractivity (Wildman–Crippen MR) is 116 cm³/mol. The monoisotopic (exact) mass is 423 g/mol. The van der Waals surface area contributed by atoms with Crippen molar-refractivity contribution in [2.45, 2.75) is 11.8 Å². The number of hydrogen-bond acceptors (Lipinski definition) is 4. The Hall–Kier alpha value is -3.72. The highest BCUT2D eigenvalue weighted by Crippen LogP contribution is 2.29. The summed E-state index contributed by atoms with van der Waals surface area (Å²) in [6.45, 7) is 1.64. The van der Waals surface area contributed by atoms with E-state index in [1.807, 2.05) is 24.3 Å². The summed E-state index contributed by atoms with van der Waals surface area (Å²) in [7, 11) is -4.01. The standard InChI is InChI=1S/C21H18FN5O2S/c1-13(25-26-21(23)24)19-12-27(20-11-16(22)7-9-18(19)20)30(28,29)17-8-6-14-4-2-3-5-15(14)10-17/h2-12H,1H3,(H4,23,24,26).